The lowest BCUT2D eigenvalue weighted by molar-refractivity contribution is 0.1000. The Morgan fingerprint density at radius 3 is 2.54 bits per heavy atom. The third-order valence-electron chi connectivity index (χ3n) is 1.50. The maximum absolute atomic E-state index is 10.8. The number of ether oxygens (including phenoxy) is 1. The molecule has 0 unspecified atom stereocenters. The monoisotopic (exact) mass is 219 g/mol. The van der Waals surface area contributed by atoms with Crippen molar-refractivity contribution in [3.63, 3.8) is 0 Å². The second kappa shape index (κ2) is 3.85. The summed E-state index contributed by atoms with van der Waals surface area (Å²) in [6.45, 7) is 0. The molecular formula is C8H7Cl2NO2. The number of rotatable bonds is 2. The summed E-state index contributed by atoms with van der Waals surface area (Å²) >= 11 is 11.5. The van der Waals surface area contributed by atoms with Crippen molar-refractivity contribution in [2.75, 3.05) is 7.11 Å². The Kier molecular flexibility index (Phi) is 3.01. The number of carbonyl (C=O) groups excluding carboxylic acids is 1. The molecule has 0 saturated heterocycles. The highest BCUT2D eigenvalue weighted by Crippen LogP contribution is 2.32. The molecule has 70 valence electrons. The molecule has 1 aromatic rings. The predicted molar refractivity (Wildman–Crippen MR) is 51.5 cm³/mol. The van der Waals surface area contributed by atoms with Crippen LogP contribution in [0.15, 0.2) is 12.1 Å². The van der Waals surface area contributed by atoms with E-state index < -0.39 is 5.91 Å². The normalized spacial score (nSPS) is 9.77. The fraction of sp³-hybridized carbons (Fsp3) is 0.125. The van der Waals surface area contributed by atoms with Crippen LogP contribution < -0.4 is 10.5 Å². The quantitative estimate of drug-likeness (QED) is 0.829. The van der Waals surface area contributed by atoms with Gasteiger partial charge in [-0.25, -0.2) is 0 Å². The lowest BCUT2D eigenvalue weighted by atomic mass is 10.2. The third-order valence-corrected chi connectivity index (χ3v) is 2.28. The SMILES string of the molecule is COc1cc(C(N)=O)cc(Cl)c1Cl. The van der Waals surface area contributed by atoms with Crippen molar-refractivity contribution >= 4 is 29.1 Å². The first kappa shape index (κ1) is 10.2. The Morgan fingerprint density at radius 1 is 1.46 bits per heavy atom. The minimum atomic E-state index is -0.572. The summed E-state index contributed by atoms with van der Waals surface area (Å²) in [5.74, 6) is -0.236. The van der Waals surface area contributed by atoms with Gasteiger partial charge in [0.25, 0.3) is 0 Å². The molecular weight excluding hydrogens is 213 g/mol. The zero-order valence-electron chi connectivity index (χ0n) is 6.80. The van der Waals surface area contributed by atoms with Crippen LogP contribution in [0.3, 0.4) is 0 Å². The lowest BCUT2D eigenvalue weighted by Gasteiger charge is -2.05. The molecule has 13 heavy (non-hydrogen) atoms. The second-order valence-electron chi connectivity index (χ2n) is 2.34. The first-order valence-electron chi connectivity index (χ1n) is 3.39. The van der Waals surface area contributed by atoms with Crippen molar-refractivity contribution in [3.8, 4) is 5.75 Å². The average Bonchev–Trinajstić information content (AvgIpc) is 2.09. The van der Waals surface area contributed by atoms with Gasteiger partial charge in [0.1, 0.15) is 10.8 Å². The van der Waals surface area contributed by atoms with E-state index in [0.29, 0.717) is 5.75 Å². The predicted octanol–water partition coefficient (Wildman–Crippen LogP) is 2.10. The molecule has 0 aliphatic heterocycles. The number of nitrogens with two attached hydrogens (primary N) is 1. The van der Waals surface area contributed by atoms with Gasteiger partial charge in [-0.2, -0.15) is 0 Å². The number of hydrogen-bond donors (Lipinski definition) is 1. The van der Waals surface area contributed by atoms with Crippen molar-refractivity contribution in [1.82, 2.24) is 0 Å². The molecule has 1 aromatic carbocycles. The standard InChI is InChI=1S/C8H7Cl2NO2/c1-13-6-3-4(8(11)12)2-5(9)7(6)10/h2-3H,1H3,(H2,11,12). The van der Waals surface area contributed by atoms with Gasteiger partial charge in [-0.3, -0.25) is 4.79 Å². The van der Waals surface area contributed by atoms with E-state index >= 15 is 0 Å². The van der Waals surface area contributed by atoms with Crippen molar-refractivity contribution in [2.45, 2.75) is 0 Å². The van der Waals surface area contributed by atoms with E-state index in [0.717, 1.165) is 0 Å². The zero-order chi connectivity index (χ0) is 10.0. The van der Waals surface area contributed by atoms with Gasteiger partial charge in [-0.05, 0) is 12.1 Å². The number of methoxy groups -OCH3 is 1. The third kappa shape index (κ3) is 2.05. The highest BCUT2D eigenvalue weighted by Gasteiger charge is 2.10. The summed E-state index contributed by atoms with van der Waals surface area (Å²) in [6, 6.07) is 2.84. The van der Waals surface area contributed by atoms with E-state index in [2.05, 4.69) is 0 Å². The number of carbonyl (C=O) groups is 1. The van der Waals surface area contributed by atoms with Crippen LogP contribution in [0.4, 0.5) is 0 Å². The number of benzene rings is 1. The zero-order valence-corrected chi connectivity index (χ0v) is 8.32. The minimum Gasteiger partial charge on any atom is -0.495 e. The topological polar surface area (TPSA) is 52.3 Å². The smallest absolute Gasteiger partial charge is 0.248 e. The van der Waals surface area contributed by atoms with E-state index in [-0.39, 0.29) is 15.6 Å². The molecule has 0 aliphatic carbocycles. The molecule has 0 bridgehead atoms. The number of amides is 1. The summed E-state index contributed by atoms with van der Waals surface area (Å²) in [6.07, 6.45) is 0. The largest absolute Gasteiger partial charge is 0.495 e. The van der Waals surface area contributed by atoms with Crippen molar-refractivity contribution < 1.29 is 9.53 Å². The number of primary amides is 1. The van der Waals surface area contributed by atoms with Crippen LogP contribution in [0.2, 0.25) is 10.0 Å². The molecule has 0 heterocycles. The summed E-state index contributed by atoms with van der Waals surface area (Å²) in [4.78, 5) is 10.8. The summed E-state index contributed by atoms with van der Waals surface area (Å²) in [5, 5.41) is 0.518. The van der Waals surface area contributed by atoms with E-state index in [4.69, 9.17) is 33.7 Å². The molecule has 0 aromatic heterocycles. The van der Waals surface area contributed by atoms with Crippen LogP contribution in [0.1, 0.15) is 10.4 Å². The van der Waals surface area contributed by atoms with Gasteiger partial charge >= 0.3 is 0 Å². The first-order chi connectivity index (χ1) is 6.06. The van der Waals surface area contributed by atoms with Gasteiger partial charge in [0.05, 0.1) is 12.1 Å². The Labute approximate surface area is 85.4 Å². The highest BCUT2D eigenvalue weighted by molar-refractivity contribution is 6.43. The second-order valence-corrected chi connectivity index (χ2v) is 3.12. The molecule has 3 nitrogen and oxygen atoms in total. The van der Waals surface area contributed by atoms with Crippen LogP contribution in [0.5, 0.6) is 5.75 Å². The Balaban J connectivity index is 3.30. The number of hydrogen-bond acceptors (Lipinski definition) is 2. The van der Waals surface area contributed by atoms with Gasteiger partial charge in [0, 0.05) is 5.56 Å². The molecule has 0 radical (unpaired) electrons. The van der Waals surface area contributed by atoms with Crippen LogP contribution in [-0.2, 0) is 0 Å². The van der Waals surface area contributed by atoms with Gasteiger partial charge in [-0.15, -0.1) is 0 Å². The van der Waals surface area contributed by atoms with Gasteiger partial charge in [0.2, 0.25) is 5.91 Å². The Hall–Kier alpha value is -0.930. The van der Waals surface area contributed by atoms with Crippen LogP contribution in [0, 0.1) is 0 Å². The summed E-state index contributed by atoms with van der Waals surface area (Å²) in [5.41, 5.74) is 5.33. The molecule has 0 fully saturated rings. The van der Waals surface area contributed by atoms with Gasteiger partial charge in [0.15, 0.2) is 0 Å². The molecule has 1 rings (SSSR count). The minimum absolute atomic E-state index is 0.245. The maximum atomic E-state index is 10.8. The first-order valence-corrected chi connectivity index (χ1v) is 4.14. The molecule has 0 aliphatic rings. The summed E-state index contributed by atoms with van der Waals surface area (Å²) < 4.78 is 4.89. The maximum Gasteiger partial charge on any atom is 0.248 e. The number of halogens is 2. The summed E-state index contributed by atoms with van der Waals surface area (Å²) in [7, 11) is 1.43. The molecule has 0 saturated carbocycles. The average molecular weight is 220 g/mol. The fourth-order valence-electron chi connectivity index (χ4n) is 0.855. The van der Waals surface area contributed by atoms with E-state index in [1.165, 1.54) is 19.2 Å². The molecule has 1 amide bonds. The fourth-order valence-corrected chi connectivity index (χ4v) is 1.25. The van der Waals surface area contributed by atoms with Crippen molar-refractivity contribution in [1.29, 1.82) is 0 Å². The van der Waals surface area contributed by atoms with Crippen LogP contribution in [0.25, 0.3) is 0 Å². The Bertz CT molecular complexity index is 352. The van der Waals surface area contributed by atoms with E-state index in [1.54, 1.807) is 0 Å². The van der Waals surface area contributed by atoms with E-state index in [1.807, 2.05) is 0 Å². The molecule has 5 heteroatoms. The van der Waals surface area contributed by atoms with Crippen LogP contribution in [-0.4, -0.2) is 13.0 Å². The van der Waals surface area contributed by atoms with Crippen molar-refractivity contribution in [2.24, 2.45) is 5.73 Å². The molecule has 0 atom stereocenters. The lowest BCUT2D eigenvalue weighted by Crippen LogP contribution is -2.11. The van der Waals surface area contributed by atoms with E-state index in [9.17, 15) is 4.79 Å². The van der Waals surface area contributed by atoms with Crippen molar-refractivity contribution in [3.05, 3.63) is 27.7 Å². The molecule has 0 spiro atoms. The van der Waals surface area contributed by atoms with Gasteiger partial charge < -0.3 is 10.5 Å². The highest BCUT2D eigenvalue weighted by atomic mass is 35.5. The van der Waals surface area contributed by atoms with Crippen LogP contribution >= 0.6 is 23.2 Å². The van der Waals surface area contributed by atoms with Gasteiger partial charge in [-0.1, -0.05) is 23.2 Å². The Morgan fingerprint density at radius 2 is 2.08 bits per heavy atom. The molecule has 2 N–H and O–H groups in total.